The van der Waals surface area contributed by atoms with Crippen LogP contribution in [0.3, 0.4) is 0 Å². The van der Waals surface area contributed by atoms with Crippen LogP contribution in [0, 0.1) is 0 Å². The van der Waals surface area contributed by atoms with Crippen molar-refractivity contribution in [1.29, 1.82) is 0 Å². The molecule has 0 radical (unpaired) electrons. The summed E-state index contributed by atoms with van der Waals surface area (Å²) in [5.41, 5.74) is 7.77. The van der Waals surface area contributed by atoms with Gasteiger partial charge in [0, 0.05) is 52.7 Å². The van der Waals surface area contributed by atoms with Crippen molar-refractivity contribution in [3.05, 3.63) is 40.9 Å². The SMILES string of the molecule is CCOCc1cnc(SC[C@H](N)C(=O)O)nc1Oc1ccc2c(ccc3sc4c(c32)NC[C@@H](C)NC4=O)n1. The number of anilines is 1. The number of thiophene rings is 1. The van der Waals surface area contributed by atoms with Crippen molar-refractivity contribution in [3.63, 3.8) is 0 Å². The molecule has 5 rings (SSSR count). The number of thioether (sulfide) groups is 1. The Morgan fingerprint density at radius 2 is 2.16 bits per heavy atom. The van der Waals surface area contributed by atoms with Gasteiger partial charge in [-0.1, -0.05) is 11.8 Å². The lowest BCUT2D eigenvalue weighted by Gasteiger charge is -2.12. The van der Waals surface area contributed by atoms with Crippen LogP contribution < -0.4 is 21.1 Å². The molecule has 0 unspecified atom stereocenters. The molecule has 0 saturated heterocycles. The molecule has 1 amide bonds. The van der Waals surface area contributed by atoms with Crippen LogP contribution in [-0.2, 0) is 16.1 Å². The number of carboxylic acid groups (broad SMARTS) is 1. The zero-order chi connectivity index (χ0) is 26.8. The maximum absolute atomic E-state index is 12.7. The van der Waals surface area contributed by atoms with E-state index < -0.39 is 12.0 Å². The van der Waals surface area contributed by atoms with Gasteiger partial charge >= 0.3 is 5.97 Å². The number of carbonyl (C=O) groups excluding carboxylic acids is 1. The summed E-state index contributed by atoms with van der Waals surface area (Å²) in [7, 11) is 0. The average Bonchev–Trinajstić information content (AvgIpc) is 3.22. The molecule has 1 aromatic carbocycles. The molecule has 1 aliphatic rings. The number of benzene rings is 1. The number of rotatable bonds is 9. The summed E-state index contributed by atoms with van der Waals surface area (Å²) in [6.45, 7) is 5.22. The zero-order valence-corrected chi connectivity index (χ0v) is 22.3. The van der Waals surface area contributed by atoms with Crippen LogP contribution in [-0.4, -0.2) is 62.9 Å². The lowest BCUT2D eigenvalue weighted by atomic mass is 10.1. The number of nitrogens with two attached hydrogens (primary N) is 1. The number of nitrogens with zero attached hydrogens (tertiary/aromatic N) is 3. The van der Waals surface area contributed by atoms with E-state index in [0.29, 0.717) is 40.1 Å². The van der Waals surface area contributed by atoms with E-state index in [1.165, 1.54) is 11.3 Å². The molecular weight excluding hydrogens is 528 g/mol. The quantitative estimate of drug-likeness (QED) is 0.177. The summed E-state index contributed by atoms with van der Waals surface area (Å²) < 4.78 is 12.6. The second-order valence-corrected chi connectivity index (χ2v) is 10.7. The molecule has 4 heterocycles. The van der Waals surface area contributed by atoms with Crippen molar-refractivity contribution in [3.8, 4) is 11.8 Å². The Hall–Kier alpha value is -3.52. The Morgan fingerprint density at radius 3 is 2.95 bits per heavy atom. The second-order valence-electron chi connectivity index (χ2n) is 8.69. The molecule has 38 heavy (non-hydrogen) atoms. The fourth-order valence-electron chi connectivity index (χ4n) is 3.94. The van der Waals surface area contributed by atoms with Crippen molar-refractivity contribution in [2.45, 2.75) is 37.7 Å². The molecule has 5 N–H and O–H groups in total. The van der Waals surface area contributed by atoms with E-state index in [0.717, 1.165) is 32.9 Å². The van der Waals surface area contributed by atoms with E-state index in [1.807, 2.05) is 32.0 Å². The zero-order valence-electron chi connectivity index (χ0n) is 20.7. The Bertz CT molecular complexity index is 1530. The molecule has 2 atom stereocenters. The minimum Gasteiger partial charge on any atom is -0.480 e. The molecule has 13 heteroatoms. The van der Waals surface area contributed by atoms with Gasteiger partial charge in [-0.05, 0) is 32.0 Å². The van der Waals surface area contributed by atoms with E-state index in [1.54, 1.807) is 12.3 Å². The summed E-state index contributed by atoms with van der Waals surface area (Å²) in [6.07, 6.45) is 1.59. The van der Waals surface area contributed by atoms with Crippen molar-refractivity contribution in [2.75, 3.05) is 24.2 Å². The van der Waals surface area contributed by atoms with Gasteiger partial charge in [-0.3, -0.25) is 9.59 Å². The van der Waals surface area contributed by atoms with Crippen molar-refractivity contribution < 1.29 is 24.2 Å². The highest BCUT2D eigenvalue weighted by atomic mass is 32.2. The molecule has 11 nitrogen and oxygen atoms in total. The smallest absolute Gasteiger partial charge is 0.321 e. The van der Waals surface area contributed by atoms with Gasteiger partial charge in [0.05, 0.1) is 23.4 Å². The van der Waals surface area contributed by atoms with E-state index >= 15 is 0 Å². The summed E-state index contributed by atoms with van der Waals surface area (Å²) >= 11 is 2.58. The average molecular weight is 555 g/mol. The monoisotopic (exact) mass is 554 g/mol. The standard InChI is InChI=1S/C25H26N6O5S2/c1-3-35-10-13-9-28-25(37-11-15(26)24(33)34)31-23(13)36-18-7-4-14-16(30-18)5-6-17-19(14)20-21(38-17)22(32)29-12(2)8-27-20/h4-7,9,12,15,27H,3,8,10-11,26H2,1-2H3,(H,29,32)(H,33,34)/t12-,15+/m1/s1. The van der Waals surface area contributed by atoms with Gasteiger partial charge < -0.3 is 30.9 Å². The summed E-state index contributed by atoms with van der Waals surface area (Å²) in [6, 6.07) is 6.52. The fraction of sp³-hybridized carbons (Fsp3) is 0.320. The molecule has 0 fully saturated rings. The van der Waals surface area contributed by atoms with Gasteiger partial charge in [0.2, 0.25) is 11.8 Å². The number of hydrogen-bond acceptors (Lipinski definition) is 11. The Morgan fingerprint density at radius 1 is 1.32 bits per heavy atom. The first-order chi connectivity index (χ1) is 18.3. The van der Waals surface area contributed by atoms with Gasteiger partial charge in [0.1, 0.15) is 10.9 Å². The van der Waals surface area contributed by atoms with Crippen molar-refractivity contribution in [2.24, 2.45) is 5.73 Å². The number of carboxylic acids is 1. The third kappa shape index (κ3) is 5.36. The summed E-state index contributed by atoms with van der Waals surface area (Å²) in [5, 5.41) is 17.7. The topological polar surface area (TPSA) is 162 Å². The van der Waals surface area contributed by atoms with Crippen LogP contribution in [0.4, 0.5) is 5.69 Å². The minimum atomic E-state index is -1.09. The minimum absolute atomic E-state index is 0.0203. The van der Waals surface area contributed by atoms with E-state index in [2.05, 4.69) is 20.6 Å². The predicted octanol–water partition coefficient (Wildman–Crippen LogP) is 3.62. The Kier molecular flexibility index (Phi) is 7.61. The molecule has 4 aromatic rings. The van der Waals surface area contributed by atoms with Gasteiger partial charge in [0.15, 0.2) is 5.16 Å². The molecule has 0 aliphatic carbocycles. The highest BCUT2D eigenvalue weighted by Crippen LogP contribution is 2.41. The van der Waals surface area contributed by atoms with Gasteiger partial charge in [-0.25, -0.2) is 9.97 Å². The number of aromatic nitrogens is 3. The molecule has 0 bridgehead atoms. The molecule has 0 saturated carbocycles. The van der Waals surface area contributed by atoms with E-state index in [-0.39, 0.29) is 30.2 Å². The van der Waals surface area contributed by atoms with E-state index in [9.17, 15) is 9.59 Å². The van der Waals surface area contributed by atoms with Crippen LogP contribution >= 0.6 is 23.1 Å². The number of aliphatic carboxylic acids is 1. The van der Waals surface area contributed by atoms with Crippen molar-refractivity contribution >= 4 is 61.7 Å². The van der Waals surface area contributed by atoms with Gasteiger partial charge in [0.25, 0.3) is 5.91 Å². The third-order valence-corrected chi connectivity index (χ3v) is 7.97. The summed E-state index contributed by atoms with van der Waals surface area (Å²) in [4.78, 5) is 37.9. The van der Waals surface area contributed by atoms with Gasteiger partial charge in [-0.2, -0.15) is 4.98 Å². The highest BCUT2D eigenvalue weighted by Gasteiger charge is 2.25. The molecular formula is C25H26N6O5S2. The summed E-state index contributed by atoms with van der Waals surface area (Å²) in [5.74, 6) is -0.469. The maximum atomic E-state index is 12.7. The number of ether oxygens (including phenoxy) is 2. The first-order valence-corrected chi connectivity index (χ1v) is 13.8. The Labute approximate surface area is 226 Å². The molecule has 1 aliphatic heterocycles. The normalized spacial score (nSPS) is 16.0. The number of fused-ring (bicyclic) bond motifs is 5. The molecule has 198 valence electrons. The first-order valence-electron chi connectivity index (χ1n) is 12.0. The highest BCUT2D eigenvalue weighted by molar-refractivity contribution is 7.99. The lowest BCUT2D eigenvalue weighted by Crippen LogP contribution is -2.34. The Balaban J connectivity index is 1.48. The van der Waals surface area contributed by atoms with Crippen molar-refractivity contribution in [1.82, 2.24) is 20.3 Å². The molecule has 0 spiro atoms. The van der Waals surface area contributed by atoms with Crippen LogP contribution in [0.15, 0.2) is 35.6 Å². The van der Waals surface area contributed by atoms with Gasteiger partial charge in [-0.15, -0.1) is 11.3 Å². The molecule has 3 aromatic heterocycles. The second kappa shape index (κ2) is 11.1. The van der Waals surface area contributed by atoms with E-state index in [4.69, 9.17) is 25.3 Å². The number of carbonyl (C=O) groups is 2. The fourth-order valence-corrected chi connectivity index (χ4v) is 5.79. The number of nitrogens with one attached hydrogen (secondary N) is 2. The largest absolute Gasteiger partial charge is 0.480 e. The van der Waals surface area contributed by atoms with Crippen LogP contribution in [0.25, 0.3) is 21.0 Å². The third-order valence-electron chi connectivity index (χ3n) is 5.84. The lowest BCUT2D eigenvalue weighted by molar-refractivity contribution is -0.137. The predicted molar refractivity (Wildman–Crippen MR) is 146 cm³/mol. The maximum Gasteiger partial charge on any atom is 0.321 e. The first kappa shape index (κ1) is 26.1. The van der Waals surface area contributed by atoms with Crippen LogP contribution in [0.1, 0.15) is 29.1 Å². The number of amides is 1. The number of hydrogen-bond donors (Lipinski definition) is 4. The number of pyridine rings is 1. The van der Waals surface area contributed by atoms with Crippen LogP contribution in [0.2, 0.25) is 0 Å². The van der Waals surface area contributed by atoms with Crippen LogP contribution in [0.5, 0.6) is 11.8 Å².